The summed E-state index contributed by atoms with van der Waals surface area (Å²) in [7, 11) is 0.991. The van der Waals surface area contributed by atoms with Crippen molar-refractivity contribution < 1.29 is 40.6 Å². The molecule has 2 aromatic rings. The zero-order valence-electron chi connectivity index (χ0n) is 17.0. The smallest absolute Gasteiger partial charge is 0.416 e. The number of hydrogen-bond donors (Lipinski definition) is 1. The van der Waals surface area contributed by atoms with E-state index in [1.165, 1.54) is 0 Å². The molecule has 32 heavy (non-hydrogen) atoms. The number of halogens is 6. The predicted octanol–water partition coefficient (Wildman–Crippen LogP) is 5.45. The van der Waals surface area contributed by atoms with Crippen LogP contribution in [0.5, 0.6) is 0 Å². The van der Waals surface area contributed by atoms with Gasteiger partial charge in [-0.05, 0) is 48.7 Å². The van der Waals surface area contributed by atoms with E-state index in [1.807, 2.05) is 12.1 Å². The molecule has 1 fully saturated rings. The van der Waals surface area contributed by atoms with Gasteiger partial charge in [0.1, 0.15) is 0 Å². The van der Waals surface area contributed by atoms with Crippen molar-refractivity contribution >= 4 is 5.97 Å². The number of carbonyl (C=O) groups is 1. The van der Waals surface area contributed by atoms with Gasteiger partial charge in [-0.15, -0.1) is 0 Å². The van der Waals surface area contributed by atoms with Crippen LogP contribution in [0.1, 0.15) is 47.2 Å². The van der Waals surface area contributed by atoms with Crippen LogP contribution in [0.3, 0.4) is 0 Å². The largest absolute Gasteiger partial charge is 0.467 e. The van der Waals surface area contributed by atoms with Crippen LogP contribution in [0.15, 0.2) is 48.5 Å². The van der Waals surface area contributed by atoms with E-state index in [4.69, 9.17) is 4.74 Å². The van der Waals surface area contributed by atoms with Crippen molar-refractivity contribution in [2.24, 2.45) is 0 Å². The molecule has 2 aromatic carbocycles. The van der Waals surface area contributed by atoms with E-state index in [9.17, 15) is 31.1 Å². The summed E-state index contributed by atoms with van der Waals surface area (Å²) in [6.07, 6.45) is -11.4. The first-order valence-electron chi connectivity index (χ1n) is 9.81. The van der Waals surface area contributed by atoms with Crippen molar-refractivity contribution in [2.75, 3.05) is 13.7 Å². The van der Waals surface area contributed by atoms with Gasteiger partial charge in [0.25, 0.3) is 0 Å². The second-order valence-electron chi connectivity index (χ2n) is 7.40. The maximum Gasteiger partial charge on any atom is 0.416 e. The zero-order chi connectivity index (χ0) is 23.5. The first kappa shape index (κ1) is 24.1. The Kier molecular flexibility index (Phi) is 7.14. The van der Waals surface area contributed by atoms with E-state index in [2.05, 4.69) is 10.1 Å². The van der Waals surface area contributed by atoms with E-state index < -0.39 is 53.3 Å². The number of ether oxygens (including phenoxy) is 2. The molecule has 1 N–H and O–H groups in total. The second-order valence-corrected chi connectivity index (χ2v) is 7.40. The van der Waals surface area contributed by atoms with Gasteiger partial charge in [0.2, 0.25) is 0 Å². The van der Waals surface area contributed by atoms with E-state index in [-0.39, 0.29) is 6.07 Å². The van der Waals surface area contributed by atoms with Crippen LogP contribution in [-0.2, 0) is 26.6 Å². The second kappa shape index (κ2) is 9.50. The van der Waals surface area contributed by atoms with Crippen LogP contribution < -0.4 is 5.32 Å². The topological polar surface area (TPSA) is 47.6 Å². The lowest BCUT2D eigenvalue weighted by molar-refractivity contribution is -0.162. The average Bonchev–Trinajstić information content (AvgIpc) is 2.76. The minimum atomic E-state index is -5.05. The Labute approximate surface area is 180 Å². The van der Waals surface area contributed by atoms with Gasteiger partial charge < -0.3 is 14.8 Å². The molecule has 3 rings (SSSR count). The predicted molar refractivity (Wildman–Crippen MR) is 102 cm³/mol. The van der Waals surface area contributed by atoms with Gasteiger partial charge in [-0.2, -0.15) is 26.3 Å². The van der Waals surface area contributed by atoms with Crippen molar-refractivity contribution in [1.82, 2.24) is 5.32 Å². The lowest BCUT2D eigenvalue weighted by atomic mass is 9.93. The van der Waals surface area contributed by atoms with Crippen LogP contribution in [0.2, 0.25) is 0 Å². The monoisotopic (exact) mass is 461 g/mol. The van der Waals surface area contributed by atoms with Crippen LogP contribution in [0.4, 0.5) is 26.3 Å². The molecule has 3 atom stereocenters. The van der Waals surface area contributed by atoms with Gasteiger partial charge in [0.15, 0.2) is 6.10 Å². The van der Waals surface area contributed by atoms with Crippen LogP contribution in [0.25, 0.3) is 0 Å². The third kappa shape index (κ3) is 5.60. The van der Waals surface area contributed by atoms with Crippen LogP contribution >= 0.6 is 0 Å². The van der Waals surface area contributed by atoms with Crippen molar-refractivity contribution in [3.63, 3.8) is 0 Å². The molecule has 174 valence electrons. The molecule has 0 amide bonds. The standard InChI is InChI=1S/C22H21F6NO3/c1-31-20(30)19(14-10-15(21(23,24)25)12-16(11-14)22(26,27)28)32-17-8-5-9-29-18(17)13-6-3-2-4-7-13/h2-4,6-7,10-12,17-19,29H,5,8-9H2,1H3. The molecule has 10 heteroatoms. The fraction of sp³-hybridized carbons (Fsp3) is 0.409. The quantitative estimate of drug-likeness (QED) is 0.475. The SMILES string of the molecule is COC(=O)C(OC1CCCNC1c1ccccc1)c1cc(C(F)(F)F)cc(C(F)(F)F)c1. The summed E-state index contributed by atoms with van der Waals surface area (Å²) in [5.74, 6) is -1.09. The number of rotatable bonds is 5. The highest BCUT2D eigenvalue weighted by Crippen LogP contribution is 2.39. The molecule has 0 aromatic heterocycles. The molecule has 1 aliphatic heterocycles. The Morgan fingerprint density at radius 2 is 1.59 bits per heavy atom. The third-order valence-electron chi connectivity index (χ3n) is 5.20. The summed E-state index contributed by atoms with van der Waals surface area (Å²) in [4.78, 5) is 12.4. The van der Waals surface area contributed by atoms with E-state index in [0.29, 0.717) is 31.5 Å². The Hall–Kier alpha value is -2.59. The first-order valence-corrected chi connectivity index (χ1v) is 9.81. The lowest BCUT2D eigenvalue weighted by Gasteiger charge is -2.35. The summed E-state index contributed by atoms with van der Waals surface area (Å²) in [6.45, 7) is 0.643. The maximum absolute atomic E-state index is 13.3. The normalized spacial score (nSPS) is 20.6. The van der Waals surface area contributed by atoms with Gasteiger partial charge in [0.05, 0.1) is 30.4 Å². The molecular weight excluding hydrogens is 440 g/mol. The molecule has 3 unspecified atom stereocenters. The maximum atomic E-state index is 13.3. The summed E-state index contributed by atoms with van der Waals surface area (Å²) < 4.78 is 90.3. The number of benzene rings is 2. The number of nitrogens with one attached hydrogen (secondary N) is 1. The first-order chi connectivity index (χ1) is 15.0. The van der Waals surface area contributed by atoms with Gasteiger partial charge in [0, 0.05) is 0 Å². The molecular formula is C22H21F6NO3. The Balaban J connectivity index is 2.02. The lowest BCUT2D eigenvalue weighted by Crippen LogP contribution is -2.41. The van der Waals surface area contributed by atoms with Crippen molar-refractivity contribution in [3.05, 3.63) is 70.8 Å². The molecule has 0 aliphatic carbocycles. The fourth-order valence-corrected chi connectivity index (χ4v) is 3.68. The molecule has 4 nitrogen and oxygen atoms in total. The molecule has 1 aliphatic rings. The fourth-order valence-electron chi connectivity index (χ4n) is 3.68. The Morgan fingerprint density at radius 1 is 1.00 bits per heavy atom. The van der Waals surface area contributed by atoms with E-state index >= 15 is 0 Å². The summed E-state index contributed by atoms with van der Waals surface area (Å²) in [6, 6.07) is 9.62. The summed E-state index contributed by atoms with van der Waals surface area (Å²) >= 11 is 0. The molecule has 0 saturated carbocycles. The number of methoxy groups -OCH3 is 1. The minimum absolute atomic E-state index is 0.00672. The van der Waals surface area contributed by atoms with Gasteiger partial charge >= 0.3 is 18.3 Å². The Bertz CT molecular complexity index is 897. The average molecular weight is 461 g/mol. The van der Waals surface area contributed by atoms with Gasteiger partial charge in [-0.1, -0.05) is 30.3 Å². The van der Waals surface area contributed by atoms with Crippen molar-refractivity contribution in [1.29, 1.82) is 0 Å². The highest BCUT2D eigenvalue weighted by Gasteiger charge is 2.40. The summed E-state index contributed by atoms with van der Waals surface area (Å²) in [5, 5.41) is 3.23. The zero-order valence-corrected chi connectivity index (χ0v) is 17.0. The van der Waals surface area contributed by atoms with Crippen LogP contribution in [-0.4, -0.2) is 25.7 Å². The highest BCUT2D eigenvalue weighted by molar-refractivity contribution is 5.76. The number of esters is 1. The molecule has 0 radical (unpaired) electrons. The van der Waals surface area contributed by atoms with Gasteiger partial charge in [-0.25, -0.2) is 4.79 Å². The van der Waals surface area contributed by atoms with Crippen molar-refractivity contribution in [3.8, 4) is 0 Å². The van der Waals surface area contributed by atoms with Crippen molar-refractivity contribution in [2.45, 2.75) is 43.4 Å². The molecule has 1 heterocycles. The number of carbonyl (C=O) groups excluding carboxylic acids is 1. The number of alkyl halides is 6. The number of piperidine rings is 1. The number of hydrogen-bond acceptors (Lipinski definition) is 4. The van der Waals surface area contributed by atoms with E-state index in [0.717, 1.165) is 12.7 Å². The van der Waals surface area contributed by atoms with Crippen LogP contribution in [0, 0.1) is 0 Å². The van der Waals surface area contributed by atoms with E-state index in [1.54, 1.807) is 18.2 Å². The highest BCUT2D eigenvalue weighted by atomic mass is 19.4. The molecule has 0 bridgehead atoms. The van der Waals surface area contributed by atoms with Gasteiger partial charge in [-0.3, -0.25) is 0 Å². The minimum Gasteiger partial charge on any atom is -0.467 e. The molecule has 0 spiro atoms. The molecule has 1 saturated heterocycles. The third-order valence-corrected chi connectivity index (χ3v) is 5.20. The Morgan fingerprint density at radius 3 is 2.12 bits per heavy atom. The summed E-state index contributed by atoms with van der Waals surface area (Å²) in [5.41, 5.74) is -2.81.